The number of esters is 2. The third kappa shape index (κ3) is 3.99. The van der Waals surface area contributed by atoms with Crippen LogP contribution in [0.5, 0.6) is 0 Å². The molecule has 1 fully saturated rings. The third-order valence-corrected chi connectivity index (χ3v) is 6.42. The summed E-state index contributed by atoms with van der Waals surface area (Å²) in [4.78, 5) is 39.6. The van der Waals surface area contributed by atoms with Gasteiger partial charge in [0.15, 0.2) is 0 Å². The highest BCUT2D eigenvalue weighted by Gasteiger charge is 2.57. The Balaban J connectivity index is 1.85. The molecule has 30 heavy (non-hydrogen) atoms. The van der Waals surface area contributed by atoms with Crippen molar-refractivity contribution in [3.8, 4) is 0 Å². The summed E-state index contributed by atoms with van der Waals surface area (Å²) in [6.07, 6.45) is -0.445. The number of amides is 1. The highest BCUT2D eigenvalue weighted by molar-refractivity contribution is 7.81. The van der Waals surface area contributed by atoms with E-state index in [0.29, 0.717) is 22.4 Å². The third-order valence-electron chi connectivity index (χ3n) is 5.11. The molecule has 1 aromatic rings. The van der Waals surface area contributed by atoms with Gasteiger partial charge in [-0.25, -0.2) is 4.79 Å². The van der Waals surface area contributed by atoms with E-state index in [1.807, 2.05) is 5.38 Å². The van der Waals surface area contributed by atoms with Gasteiger partial charge in [0.05, 0.1) is 28.4 Å². The number of ether oxygens (including phenoxy) is 2. The van der Waals surface area contributed by atoms with Crippen molar-refractivity contribution < 1.29 is 29.0 Å². The Bertz CT molecular complexity index is 943. The van der Waals surface area contributed by atoms with Gasteiger partial charge in [0.25, 0.3) is 0 Å². The smallest absolute Gasteiger partial charge is 0.358 e. The van der Waals surface area contributed by atoms with E-state index in [0.717, 1.165) is 0 Å². The Morgan fingerprint density at radius 1 is 1.40 bits per heavy atom. The first-order valence-corrected chi connectivity index (χ1v) is 10.7. The van der Waals surface area contributed by atoms with Gasteiger partial charge < -0.3 is 25.2 Å². The Morgan fingerprint density at radius 2 is 2.07 bits per heavy atom. The number of β-lactam (4-membered cyclic amide) rings is 1. The monoisotopic (exact) mass is 452 g/mol. The van der Waals surface area contributed by atoms with Gasteiger partial charge in [0, 0.05) is 0 Å². The Kier molecular flexibility index (Phi) is 6.03. The molecule has 3 heterocycles. The second-order valence-electron chi connectivity index (χ2n) is 8.37. The quantitative estimate of drug-likeness (QED) is 0.290. The van der Waals surface area contributed by atoms with Gasteiger partial charge in [-0.15, -0.1) is 11.3 Å². The van der Waals surface area contributed by atoms with E-state index in [2.05, 4.69) is 0 Å². The molecular formula is C20H24N2O6S2. The van der Waals surface area contributed by atoms with Crippen molar-refractivity contribution in [2.24, 2.45) is 17.1 Å². The lowest BCUT2D eigenvalue weighted by molar-refractivity contribution is -0.175. The zero-order valence-corrected chi connectivity index (χ0v) is 18.8. The number of thiophene rings is 1. The molecule has 1 saturated heterocycles. The van der Waals surface area contributed by atoms with Crippen LogP contribution in [0.4, 0.5) is 0 Å². The predicted molar refractivity (Wildman–Crippen MR) is 114 cm³/mol. The molecule has 2 aliphatic rings. The number of thiocarbonyl (C=S) groups is 1. The number of aliphatic hydroxyl groups excluding tert-OH is 1. The normalized spacial score (nSPS) is 21.8. The second-order valence-corrected chi connectivity index (χ2v) is 9.72. The predicted octanol–water partition coefficient (Wildman–Crippen LogP) is 1.79. The highest BCUT2D eigenvalue weighted by atomic mass is 32.1. The van der Waals surface area contributed by atoms with Gasteiger partial charge in [-0.2, -0.15) is 0 Å². The standard InChI is InChI=1S/C20H24N2O6S2/c1-9(23)14-12-6-11(10-5-13(16(21)29)30-7-10)15(22(12)17(14)24)18(25)27-8-28-19(26)20(2,3)4/h5,7,9,12,14,23H,6,8H2,1-4H3,(H2,21,29). The first kappa shape index (κ1) is 22.4. The van der Waals surface area contributed by atoms with E-state index < -0.39 is 36.2 Å². The number of aliphatic hydroxyl groups is 1. The number of rotatable bonds is 6. The topological polar surface area (TPSA) is 119 Å². The van der Waals surface area contributed by atoms with Crippen LogP contribution in [-0.4, -0.2) is 51.8 Å². The summed E-state index contributed by atoms with van der Waals surface area (Å²) < 4.78 is 10.2. The summed E-state index contributed by atoms with van der Waals surface area (Å²) >= 11 is 6.35. The van der Waals surface area contributed by atoms with Crippen LogP contribution in [0.3, 0.4) is 0 Å². The lowest BCUT2D eigenvalue weighted by Gasteiger charge is -2.44. The van der Waals surface area contributed by atoms with Gasteiger partial charge >= 0.3 is 11.9 Å². The molecule has 1 aromatic heterocycles. The maximum Gasteiger partial charge on any atom is 0.358 e. The maximum atomic E-state index is 12.8. The number of nitrogens with zero attached hydrogens (tertiary/aromatic N) is 1. The van der Waals surface area contributed by atoms with E-state index in [9.17, 15) is 19.5 Å². The van der Waals surface area contributed by atoms with E-state index in [-0.39, 0.29) is 22.6 Å². The minimum Gasteiger partial charge on any atom is -0.427 e. The molecule has 2 aliphatic heterocycles. The van der Waals surface area contributed by atoms with E-state index in [4.69, 9.17) is 27.4 Å². The lowest BCUT2D eigenvalue weighted by Crippen LogP contribution is -2.61. The van der Waals surface area contributed by atoms with Crippen LogP contribution in [-0.2, 0) is 23.9 Å². The summed E-state index contributed by atoms with van der Waals surface area (Å²) in [6, 6.07) is 1.43. The molecule has 162 valence electrons. The molecule has 3 N–H and O–H groups in total. The van der Waals surface area contributed by atoms with Crippen molar-refractivity contribution in [1.82, 2.24) is 4.90 Å². The van der Waals surface area contributed by atoms with Gasteiger partial charge in [-0.1, -0.05) is 12.2 Å². The van der Waals surface area contributed by atoms with Crippen LogP contribution in [0.2, 0.25) is 0 Å². The molecule has 0 spiro atoms. The molecule has 3 rings (SSSR count). The molecule has 3 atom stereocenters. The zero-order chi connectivity index (χ0) is 22.4. The van der Waals surface area contributed by atoms with Crippen LogP contribution in [0.15, 0.2) is 17.1 Å². The molecule has 0 aliphatic carbocycles. The summed E-state index contributed by atoms with van der Waals surface area (Å²) in [6.45, 7) is 6.05. The Morgan fingerprint density at radius 3 is 2.60 bits per heavy atom. The van der Waals surface area contributed by atoms with Crippen molar-refractivity contribution in [3.63, 3.8) is 0 Å². The van der Waals surface area contributed by atoms with Crippen molar-refractivity contribution in [3.05, 3.63) is 27.6 Å². The van der Waals surface area contributed by atoms with Gasteiger partial charge in [-0.05, 0) is 56.7 Å². The summed E-state index contributed by atoms with van der Waals surface area (Å²) in [5.41, 5.74) is 6.38. The molecule has 8 nitrogen and oxygen atoms in total. The van der Waals surface area contributed by atoms with Crippen molar-refractivity contribution in [2.45, 2.75) is 46.3 Å². The van der Waals surface area contributed by atoms with Gasteiger partial charge in [0.2, 0.25) is 12.7 Å². The van der Waals surface area contributed by atoms with Crippen LogP contribution in [0.1, 0.15) is 44.6 Å². The summed E-state index contributed by atoms with van der Waals surface area (Å²) in [5.74, 6) is -2.21. The fraction of sp³-hybridized carbons (Fsp3) is 0.500. The number of hydrogen-bond acceptors (Lipinski definition) is 8. The molecular weight excluding hydrogens is 428 g/mol. The highest BCUT2D eigenvalue weighted by Crippen LogP contribution is 2.47. The molecule has 0 radical (unpaired) electrons. The number of carbonyl (C=O) groups excluding carboxylic acids is 3. The molecule has 3 unspecified atom stereocenters. The number of nitrogens with two attached hydrogens (primary N) is 1. The van der Waals surface area contributed by atoms with E-state index in [1.54, 1.807) is 33.8 Å². The molecule has 0 saturated carbocycles. The number of carbonyl (C=O) groups is 3. The number of hydrogen-bond donors (Lipinski definition) is 2. The minimum absolute atomic E-state index is 0.0981. The zero-order valence-electron chi connectivity index (χ0n) is 17.1. The fourth-order valence-corrected chi connectivity index (χ4v) is 4.54. The average molecular weight is 453 g/mol. The van der Waals surface area contributed by atoms with E-state index in [1.165, 1.54) is 16.2 Å². The van der Waals surface area contributed by atoms with Crippen molar-refractivity contribution in [2.75, 3.05) is 6.79 Å². The van der Waals surface area contributed by atoms with Crippen LogP contribution in [0, 0.1) is 11.3 Å². The first-order chi connectivity index (χ1) is 13.9. The van der Waals surface area contributed by atoms with Crippen molar-refractivity contribution in [1.29, 1.82) is 0 Å². The SMILES string of the molecule is CC(O)C1C(=O)N2C(C(=O)OCOC(=O)C(C)(C)C)=C(c3csc(C(N)=S)c3)CC12. The van der Waals surface area contributed by atoms with Gasteiger partial charge in [0.1, 0.15) is 10.7 Å². The van der Waals surface area contributed by atoms with Gasteiger partial charge in [-0.3, -0.25) is 9.59 Å². The lowest BCUT2D eigenvalue weighted by atomic mass is 9.82. The van der Waals surface area contributed by atoms with Crippen LogP contribution >= 0.6 is 23.6 Å². The maximum absolute atomic E-state index is 12.8. The Hall–Kier alpha value is -2.30. The van der Waals surface area contributed by atoms with Crippen molar-refractivity contribution >= 4 is 52.0 Å². The van der Waals surface area contributed by atoms with E-state index >= 15 is 0 Å². The summed E-state index contributed by atoms with van der Waals surface area (Å²) in [5, 5.41) is 11.8. The summed E-state index contributed by atoms with van der Waals surface area (Å²) in [7, 11) is 0. The molecule has 0 aromatic carbocycles. The first-order valence-electron chi connectivity index (χ1n) is 9.40. The fourth-order valence-electron chi connectivity index (χ4n) is 3.56. The Labute approximate surface area is 183 Å². The minimum atomic E-state index is -0.835. The molecule has 10 heteroatoms. The largest absolute Gasteiger partial charge is 0.427 e. The van der Waals surface area contributed by atoms with Crippen LogP contribution in [0.25, 0.3) is 5.57 Å². The average Bonchev–Trinajstić information content (AvgIpc) is 3.23. The molecule has 0 bridgehead atoms. The second kappa shape index (κ2) is 8.09. The van der Waals surface area contributed by atoms with Crippen LogP contribution < -0.4 is 5.73 Å². The number of fused-ring (bicyclic) bond motifs is 1. The molecule has 1 amide bonds.